The van der Waals surface area contributed by atoms with Crippen molar-refractivity contribution in [3.63, 3.8) is 0 Å². The highest BCUT2D eigenvalue weighted by molar-refractivity contribution is 5.97. The molecule has 1 atom stereocenters. The minimum absolute atomic E-state index is 0.146. The fraction of sp³-hybridized carbons (Fsp3) is 0.286. The second-order valence-corrected chi connectivity index (χ2v) is 6.69. The molecule has 3 aromatic rings. The van der Waals surface area contributed by atoms with Crippen LogP contribution in [0.1, 0.15) is 29.2 Å². The Labute approximate surface area is 162 Å². The molecule has 1 aliphatic carbocycles. The largest absolute Gasteiger partial charge is 0.464 e. The van der Waals surface area contributed by atoms with Gasteiger partial charge in [-0.1, -0.05) is 41.4 Å². The van der Waals surface area contributed by atoms with Gasteiger partial charge in [-0.3, -0.25) is 4.79 Å². The lowest BCUT2D eigenvalue weighted by Gasteiger charge is -2.12. The average Bonchev–Trinajstić information content (AvgIpc) is 3.26. The fourth-order valence-corrected chi connectivity index (χ4v) is 4.03. The Bertz CT molecular complexity index is 983. The number of amides is 1. The number of hydrogen-bond acceptors (Lipinski definition) is 5. The molecule has 2 N–H and O–H groups in total. The van der Waals surface area contributed by atoms with Gasteiger partial charge in [0.15, 0.2) is 0 Å². The number of hydrogen-bond donors (Lipinski definition) is 1. The molecule has 4 rings (SSSR count). The quantitative estimate of drug-likeness (QED) is 0.280. The Morgan fingerprint density at radius 2 is 2.00 bits per heavy atom. The van der Waals surface area contributed by atoms with Crippen LogP contribution in [0.3, 0.4) is 0 Å². The molecule has 1 heterocycles. The van der Waals surface area contributed by atoms with Gasteiger partial charge < -0.3 is 15.0 Å². The molecule has 0 aliphatic heterocycles. The molecule has 2 aromatic carbocycles. The van der Waals surface area contributed by atoms with E-state index >= 15 is 0 Å². The maximum atomic E-state index is 12.1. The molecule has 146 valence electrons. The van der Waals surface area contributed by atoms with Gasteiger partial charge in [-0.2, -0.15) is 4.89 Å². The van der Waals surface area contributed by atoms with Gasteiger partial charge in [-0.25, -0.2) is 4.89 Å². The highest BCUT2D eigenvalue weighted by atomic mass is 17.5. The molecule has 0 radical (unpaired) electrons. The molecule has 0 spiro atoms. The summed E-state index contributed by atoms with van der Waals surface area (Å²) in [7, 11) is 1.34. The third-order valence-electron chi connectivity index (χ3n) is 5.13. The highest BCUT2D eigenvalue weighted by Gasteiger charge is 2.34. The number of nitrogens with zero attached hydrogens (tertiary/aromatic N) is 1. The van der Waals surface area contributed by atoms with Gasteiger partial charge in [0.05, 0.1) is 18.5 Å². The van der Waals surface area contributed by atoms with E-state index < -0.39 is 0 Å². The number of primary amides is 1. The molecule has 0 fully saturated rings. The van der Waals surface area contributed by atoms with Crippen LogP contribution in [0.25, 0.3) is 10.9 Å². The van der Waals surface area contributed by atoms with E-state index in [0.717, 1.165) is 28.6 Å². The molecular weight excluding hydrogens is 360 g/mol. The third-order valence-corrected chi connectivity index (χ3v) is 5.13. The Morgan fingerprint density at radius 1 is 1.18 bits per heavy atom. The number of aromatic nitrogens is 1. The molecule has 1 aliphatic rings. The molecule has 1 aromatic heterocycles. The molecule has 7 heteroatoms. The number of carbonyl (C=O) groups is 1. The lowest BCUT2D eigenvalue weighted by atomic mass is 9.99. The fourth-order valence-electron chi connectivity index (χ4n) is 4.03. The van der Waals surface area contributed by atoms with E-state index in [1.165, 1.54) is 12.7 Å². The number of nitrogens with two attached hydrogens (primary N) is 1. The number of carbonyl (C=O) groups excluding carboxylic acids is 1. The van der Waals surface area contributed by atoms with Crippen molar-refractivity contribution in [3.8, 4) is 5.75 Å². The Hall–Kier alpha value is -2.87. The van der Waals surface area contributed by atoms with Gasteiger partial charge in [-0.05, 0) is 36.1 Å². The van der Waals surface area contributed by atoms with E-state index in [1.54, 1.807) is 0 Å². The van der Waals surface area contributed by atoms with Crippen LogP contribution in [0.15, 0.2) is 48.5 Å². The van der Waals surface area contributed by atoms with Crippen molar-refractivity contribution < 1.29 is 24.3 Å². The summed E-state index contributed by atoms with van der Waals surface area (Å²) in [4.78, 5) is 21.3. The lowest BCUT2D eigenvalue weighted by Crippen LogP contribution is -2.19. The number of benzene rings is 2. The Kier molecular flexibility index (Phi) is 5.29. The SMILES string of the molecule is COOOCOc1cccc2c1c1c(n2Cc2ccccc2)CCC1C(N)=O. The first kappa shape index (κ1) is 18.5. The van der Waals surface area contributed by atoms with Crippen LogP contribution in [-0.2, 0) is 32.6 Å². The standard InChI is InChI=1S/C21H22N2O5/c1-25-28-27-13-26-18-9-5-8-16-20(18)19-15(21(22)24)10-11-17(19)23(16)12-14-6-3-2-4-7-14/h2-9,15H,10-13H2,1H3,(H2,22,24). The smallest absolute Gasteiger partial charge is 0.225 e. The summed E-state index contributed by atoms with van der Waals surface area (Å²) in [6, 6.07) is 16.0. The second-order valence-electron chi connectivity index (χ2n) is 6.69. The maximum absolute atomic E-state index is 12.1. The summed E-state index contributed by atoms with van der Waals surface area (Å²) in [5.74, 6) is -0.0184. The van der Waals surface area contributed by atoms with Crippen molar-refractivity contribution in [1.82, 2.24) is 4.57 Å². The maximum Gasteiger partial charge on any atom is 0.225 e. The Morgan fingerprint density at radius 3 is 2.75 bits per heavy atom. The first-order chi connectivity index (χ1) is 13.7. The minimum Gasteiger partial charge on any atom is -0.464 e. The van der Waals surface area contributed by atoms with E-state index in [2.05, 4.69) is 26.6 Å². The highest BCUT2D eigenvalue weighted by Crippen LogP contribution is 2.44. The molecule has 0 bridgehead atoms. The van der Waals surface area contributed by atoms with E-state index in [-0.39, 0.29) is 18.6 Å². The van der Waals surface area contributed by atoms with Gasteiger partial charge in [0.2, 0.25) is 12.7 Å². The van der Waals surface area contributed by atoms with E-state index in [9.17, 15) is 4.79 Å². The van der Waals surface area contributed by atoms with E-state index in [4.69, 9.17) is 15.4 Å². The molecule has 1 amide bonds. The van der Waals surface area contributed by atoms with Crippen LogP contribution in [0.2, 0.25) is 0 Å². The summed E-state index contributed by atoms with van der Waals surface area (Å²) in [5, 5.41) is 5.30. The molecule has 0 saturated heterocycles. The average molecular weight is 382 g/mol. The van der Waals surface area contributed by atoms with Crippen molar-refractivity contribution in [1.29, 1.82) is 0 Å². The number of ether oxygens (including phenoxy) is 1. The molecule has 0 saturated carbocycles. The summed E-state index contributed by atoms with van der Waals surface area (Å²) < 4.78 is 8.00. The minimum atomic E-state index is -0.324. The van der Waals surface area contributed by atoms with E-state index in [0.29, 0.717) is 18.7 Å². The van der Waals surface area contributed by atoms with E-state index in [1.807, 2.05) is 36.4 Å². The first-order valence-corrected chi connectivity index (χ1v) is 9.13. The second kappa shape index (κ2) is 8.02. The number of fused-ring (bicyclic) bond motifs is 3. The van der Waals surface area contributed by atoms with Gasteiger partial charge in [-0.15, -0.1) is 0 Å². The normalized spacial score (nSPS) is 15.7. The zero-order valence-electron chi connectivity index (χ0n) is 15.6. The zero-order chi connectivity index (χ0) is 19.5. The van der Waals surface area contributed by atoms with Gasteiger partial charge >= 0.3 is 0 Å². The van der Waals surface area contributed by atoms with Crippen LogP contribution in [0.5, 0.6) is 5.75 Å². The predicted octanol–water partition coefficient (Wildman–Crippen LogP) is 3.05. The predicted molar refractivity (Wildman–Crippen MR) is 102 cm³/mol. The monoisotopic (exact) mass is 382 g/mol. The molecule has 1 unspecified atom stereocenters. The Balaban J connectivity index is 1.80. The summed E-state index contributed by atoms with van der Waals surface area (Å²) in [5.41, 5.74) is 9.99. The van der Waals surface area contributed by atoms with Crippen molar-refractivity contribution in [2.24, 2.45) is 5.73 Å². The first-order valence-electron chi connectivity index (χ1n) is 9.13. The topological polar surface area (TPSA) is 84.9 Å². The van der Waals surface area contributed by atoms with Crippen LogP contribution >= 0.6 is 0 Å². The summed E-state index contributed by atoms with van der Waals surface area (Å²) in [6.07, 6.45) is 1.51. The lowest BCUT2D eigenvalue weighted by molar-refractivity contribution is -0.513. The van der Waals surface area contributed by atoms with Crippen LogP contribution in [-0.4, -0.2) is 24.4 Å². The third kappa shape index (κ3) is 3.35. The van der Waals surface area contributed by atoms with Crippen molar-refractivity contribution in [3.05, 3.63) is 65.4 Å². The summed E-state index contributed by atoms with van der Waals surface area (Å²) in [6.45, 7) is 0.567. The summed E-state index contributed by atoms with van der Waals surface area (Å²) >= 11 is 0. The molecule has 7 nitrogen and oxygen atoms in total. The van der Waals surface area contributed by atoms with Crippen molar-refractivity contribution in [2.45, 2.75) is 25.3 Å². The van der Waals surface area contributed by atoms with Crippen molar-refractivity contribution >= 4 is 16.8 Å². The zero-order valence-corrected chi connectivity index (χ0v) is 15.6. The molecular formula is C21H22N2O5. The number of rotatable bonds is 8. The van der Waals surface area contributed by atoms with Crippen LogP contribution in [0.4, 0.5) is 0 Å². The van der Waals surface area contributed by atoms with Gasteiger partial charge in [0, 0.05) is 17.6 Å². The van der Waals surface area contributed by atoms with Crippen molar-refractivity contribution in [2.75, 3.05) is 13.9 Å². The van der Waals surface area contributed by atoms with Crippen LogP contribution < -0.4 is 10.5 Å². The molecule has 28 heavy (non-hydrogen) atoms. The van der Waals surface area contributed by atoms with Gasteiger partial charge in [0.25, 0.3) is 0 Å². The van der Waals surface area contributed by atoms with Gasteiger partial charge in [0.1, 0.15) is 5.75 Å². The van der Waals surface area contributed by atoms with Crippen LogP contribution in [0, 0.1) is 0 Å².